The number of hydrogen-bond donors (Lipinski definition) is 1. The summed E-state index contributed by atoms with van der Waals surface area (Å²) in [4.78, 5) is 24.1. The maximum atomic E-state index is 13.2. The van der Waals surface area contributed by atoms with Gasteiger partial charge in [0.2, 0.25) is 0 Å². The molecule has 1 amide bonds. The molecule has 1 N–H and O–H groups in total. The molecule has 0 spiro atoms. The predicted octanol–water partition coefficient (Wildman–Crippen LogP) is 6.17. The van der Waals surface area contributed by atoms with E-state index in [0.29, 0.717) is 22.3 Å². The van der Waals surface area contributed by atoms with E-state index in [2.05, 4.69) is 20.2 Å². The summed E-state index contributed by atoms with van der Waals surface area (Å²) in [5, 5.41) is 3.59. The number of anilines is 2. The van der Waals surface area contributed by atoms with Gasteiger partial charge in [0.15, 0.2) is 0 Å². The van der Waals surface area contributed by atoms with Crippen molar-refractivity contribution >= 4 is 28.3 Å². The maximum Gasteiger partial charge on any atom is 0.416 e. The van der Waals surface area contributed by atoms with Crippen molar-refractivity contribution in [1.82, 2.24) is 9.97 Å². The second-order valence-corrected chi connectivity index (χ2v) is 8.20. The molecular formula is C26H21F3N4O. The standard InChI is InChI=1S/C26H21F3N4O/c27-26(28,29)19-7-3-6-18(15-19)21-8-4-5-17-9-10-22(32-24(17)21)25(34)31-20-11-12-30-23(16-20)33-13-1-2-14-33/h3-12,15-16H,1-2,13-14H2,(H,30,31,34). The first-order chi connectivity index (χ1) is 16.4. The quantitative estimate of drug-likeness (QED) is 0.394. The highest BCUT2D eigenvalue weighted by molar-refractivity contribution is 6.05. The summed E-state index contributed by atoms with van der Waals surface area (Å²) in [6, 6.07) is 17.3. The number of rotatable bonds is 4. The van der Waals surface area contributed by atoms with Gasteiger partial charge < -0.3 is 10.2 Å². The van der Waals surface area contributed by atoms with Crippen LogP contribution in [0.5, 0.6) is 0 Å². The lowest BCUT2D eigenvalue weighted by molar-refractivity contribution is -0.137. The summed E-state index contributed by atoms with van der Waals surface area (Å²) in [6.07, 6.45) is -0.554. The Morgan fingerprint density at radius 1 is 0.941 bits per heavy atom. The van der Waals surface area contributed by atoms with Crippen LogP contribution in [0.3, 0.4) is 0 Å². The van der Waals surface area contributed by atoms with E-state index in [4.69, 9.17) is 0 Å². The Balaban J connectivity index is 1.46. The Labute approximate surface area is 194 Å². The van der Waals surface area contributed by atoms with Crippen LogP contribution in [0.4, 0.5) is 24.7 Å². The molecule has 5 nitrogen and oxygen atoms in total. The van der Waals surface area contributed by atoms with Crippen molar-refractivity contribution in [3.8, 4) is 11.1 Å². The van der Waals surface area contributed by atoms with Gasteiger partial charge in [0.05, 0.1) is 11.1 Å². The number of aromatic nitrogens is 2. The molecule has 3 heterocycles. The van der Waals surface area contributed by atoms with Crippen LogP contribution in [0.25, 0.3) is 22.0 Å². The van der Waals surface area contributed by atoms with Crippen LogP contribution in [-0.4, -0.2) is 29.0 Å². The van der Waals surface area contributed by atoms with Gasteiger partial charge in [0.25, 0.3) is 5.91 Å². The normalized spacial score (nSPS) is 13.9. The molecule has 0 radical (unpaired) electrons. The van der Waals surface area contributed by atoms with Crippen LogP contribution in [-0.2, 0) is 6.18 Å². The number of fused-ring (bicyclic) bond motifs is 1. The first kappa shape index (κ1) is 21.9. The topological polar surface area (TPSA) is 58.1 Å². The highest BCUT2D eigenvalue weighted by Gasteiger charge is 2.30. The molecule has 0 unspecified atom stereocenters. The summed E-state index contributed by atoms with van der Waals surface area (Å²) in [7, 11) is 0. The minimum atomic E-state index is -4.45. The van der Waals surface area contributed by atoms with E-state index in [1.165, 1.54) is 6.07 Å². The molecule has 2 aromatic heterocycles. The van der Waals surface area contributed by atoms with Gasteiger partial charge in [0, 0.05) is 42.0 Å². The molecule has 2 aromatic carbocycles. The van der Waals surface area contributed by atoms with Crippen LogP contribution in [0.1, 0.15) is 28.9 Å². The Hall–Kier alpha value is -3.94. The summed E-state index contributed by atoms with van der Waals surface area (Å²) >= 11 is 0. The fourth-order valence-corrected chi connectivity index (χ4v) is 4.18. The smallest absolute Gasteiger partial charge is 0.357 e. The Morgan fingerprint density at radius 2 is 1.74 bits per heavy atom. The SMILES string of the molecule is O=C(Nc1ccnc(N2CCCC2)c1)c1ccc2cccc(-c3cccc(C(F)(F)F)c3)c2n1. The zero-order valence-electron chi connectivity index (χ0n) is 18.1. The number of carbonyl (C=O) groups excluding carboxylic acids is 1. The number of pyridine rings is 2. The van der Waals surface area contributed by atoms with E-state index < -0.39 is 17.6 Å². The van der Waals surface area contributed by atoms with E-state index in [1.54, 1.807) is 42.6 Å². The number of alkyl halides is 3. The lowest BCUT2D eigenvalue weighted by Crippen LogP contribution is -2.19. The zero-order chi connectivity index (χ0) is 23.7. The summed E-state index contributed by atoms with van der Waals surface area (Å²) < 4.78 is 39.7. The molecule has 1 aliphatic heterocycles. The number of benzene rings is 2. The van der Waals surface area contributed by atoms with Gasteiger partial charge in [-0.25, -0.2) is 9.97 Å². The van der Waals surface area contributed by atoms with E-state index in [0.717, 1.165) is 49.3 Å². The number of amides is 1. The van der Waals surface area contributed by atoms with E-state index in [-0.39, 0.29) is 5.69 Å². The number of carbonyl (C=O) groups is 1. The third kappa shape index (κ3) is 4.44. The molecule has 0 bridgehead atoms. The molecule has 0 saturated carbocycles. The van der Waals surface area contributed by atoms with Gasteiger partial charge in [-0.3, -0.25) is 4.79 Å². The van der Waals surface area contributed by atoms with Gasteiger partial charge in [-0.05, 0) is 42.7 Å². The van der Waals surface area contributed by atoms with Crippen molar-refractivity contribution in [3.63, 3.8) is 0 Å². The number of para-hydroxylation sites is 1. The zero-order valence-corrected chi connectivity index (χ0v) is 18.1. The van der Waals surface area contributed by atoms with Gasteiger partial charge in [-0.2, -0.15) is 13.2 Å². The Morgan fingerprint density at radius 3 is 2.53 bits per heavy atom. The monoisotopic (exact) mass is 462 g/mol. The van der Waals surface area contributed by atoms with Crippen molar-refractivity contribution in [2.24, 2.45) is 0 Å². The van der Waals surface area contributed by atoms with E-state index >= 15 is 0 Å². The summed E-state index contributed by atoms with van der Waals surface area (Å²) in [6.45, 7) is 1.88. The predicted molar refractivity (Wildman–Crippen MR) is 126 cm³/mol. The number of halogens is 3. The van der Waals surface area contributed by atoms with Gasteiger partial charge in [-0.15, -0.1) is 0 Å². The second kappa shape index (κ2) is 8.78. The lowest BCUT2D eigenvalue weighted by Gasteiger charge is -2.17. The number of nitrogens with one attached hydrogen (secondary N) is 1. The van der Waals surface area contributed by atoms with Crippen LogP contribution < -0.4 is 10.2 Å². The van der Waals surface area contributed by atoms with Crippen molar-refractivity contribution in [1.29, 1.82) is 0 Å². The fraction of sp³-hybridized carbons (Fsp3) is 0.192. The molecule has 172 valence electrons. The third-order valence-electron chi connectivity index (χ3n) is 5.89. The van der Waals surface area contributed by atoms with Crippen molar-refractivity contribution in [3.05, 3.63) is 84.2 Å². The molecule has 1 saturated heterocycles. The maximum absolute atomic E-state index is 13.2. The minimum absolute atomic E-state index is 0.173. The fourth-order valence-electron chi connectivity index (χ4n) is 4.18. The number of nitrogens with zero attached hydrogens (tertiary/aromatic N) is 3. The third-order valence-corrected chi connectivity index (χ3v) is 5.89. The average molecular weight is 462 g/mol. The molecular weight excluding hydrogens is 441 g/mol. The first-order valence-electron chi connectivity index (χ1n) is 11.0. The van der Waals surface area contributed by atoms with Crippen LogP contribution in [0.2, 0.25) is 0 Å². The summed E-state index contributed by atoms with van der Waals surface area (Å²) in [5.41, 5.74) is 1.42. The summed E-state index contributed by atoms with van der Waals surface area (Å²) in [5.74, 6) is 0.410. The van der Waals surface area contributed by atoms with Crippen molar-refractivity contribution in [2.45, 2.75) is 19.0 Å². The molecule has 8 heteroatoms. The first-order valence-corrected chi connectivity index (χ1v) is 11.0. The Bertz CT molecular complexity index is 1360. The van der Waals surface area contributed by atoms with E-state index in [9.17, 15) is 18.0 Å². The van der Waals surface area contributed by atoms with Crippen molar-refractivity contribution < 1.29 is 18.0 Å². The molecule has 0 aliphatic carbocycles. The van der Waals surface area contributed by atoms with Gasteiger partial charge in [0.1, 0.15) is 11.5 Å². The molecule has 4 aromatic rings. The van der Waals surface area contributed by atoms with Crippen LogP contribution in [0, 0.1) is 0 Å². The molecule has 0 atom stereocenters. The highest BCUT2D eigenvalue weighted by Crippen LogP contribution is 2.34. The molecule has 1 fully saturated rings. The second-order valence-electron chi connectivity index (χ2n) is 8.20. The Kier molecular flexibility index (Phi) is 5.65. The van der Waals surface area contributed by atoms with Crippen LogP contribution in [0.15, 0.2) is 72.9 Å². The minimum Gasteiger partial charge on any atom is -0.357 e. The van der Waals surface area contributed by atoms with Crippen LogP contribution >= 0.6 is 0 Å². The molecule has 5 rings (SSSR count). The van der Waals surface area contributed by atoms with Gasteiger partial charge in [-0.1, -0.05) is 36.4 Å². The largest absolute Gasteiger partial charge is 0.416 e. The van der Waals surface area contributed by atoms with Crippen molar-refractivity contribution in [2.75, 3.05) is 23.3 Å². The number of hydrogen-bond acceptors (Lipinski definition) is 4. The van der Waals surface area contributed by atoms with E-state index in [1.807, 2.05) is 12.1 Å². The average Bonchev–Trinajstić information content (AvgIpc) is 3.38. The molecule has 34 heavy (non-hydrogen) atoms. The van der Waals surface area contributed by atoms with Gasteiger partial charge >= 0.3 is 6.18 Å². The molecule has 1 aliphatic rings. The lowest BCUT2D eigenvalue weighted by atomic mass is 9.99. The highest BCUT2D eigenvalue weighted by atomic mass is 19.4.